The first-order chi connectivity index (χ1) is 11.0. The largest absolute Gasteiger partial charge is 0.352 e. The summed E-state index contributed by atoms with van der Waals surface area (Å²) in [4.78, 5) is 14.5. The fraction of sp³-hybridized carbons (Fsp3) is 0.632. The third kappa shape index (κ3) is 5.33. The van der Waals surface area contributed by atoms with Gasteiger partial charge < -0.3 is 11.1 Å². The minimum absolute atomic E-state index is 0.00101. The predicted molar refractivity (Wildman–Crippen MR) is 94.9 cm³/mol. The highest BCUT2D eigenvalue weighted by molar-refractivity contribution is 5.82. The Hall–Kier alpha value is -1.39. The highest BCUT2D eigenvalue weighted by Gasteiger charge is 2.26. The third-order valence-corrected chi connectivity index (χ3v) is 4.96. The standard InChI is InChI=1S/C19H31N3O/c1-14(2)18(20)19(23)21-16-9-11-17(12-10-16)22(3)13-15-7-5-4-6-8-15/h4-8,14,16-18H,9-13,20H2,1-3H3,(H,21,23)/t16?,17?,18-/m0/s1. The lowest BCUT2D eigenvalue weighted by Gasteiger charge is -2.35. The van der Waals surface area contributed by atoms with Gasteiger partial charge in [-0.15, -0.1) is 0 Å². The molecule has 1 fully saturated rings. The number of hydrogen-bond acceptors (Lipinski definition) is 3. The maximum Gasteiger partial charge on any atom is 0.237 e. The molecule has 1 aromatic carbocycles. The number of benzene rings is 1. The van der Waals surface area contributed by atoms with Crippen LogP contribution in [0, 0.1) is 5.92 Å². The maximum absolute atomic E-state index is 12.1. The van der Waals surface area contributed by atoms with Gasteiger partial charge in [0.15, 0.2) is 0 Å². The van der Waals surface area contributed by atoms with Crippen LogP contribution in [0.2, 0.25) is 0 Å². The molecule has 1 aliphatic carbocycles. The van der Waals surface area contributed by atoms with E-state index in [1.807, 2.05) is 13.8 Å². The average molecular weight is 317 g/mol. The number of rotatable bonds is 6. The number of hydrogen-bond donors (Lipinski definition) is 2. The van der Waals surface area contributed by atoms with Gasteiger partial charge in [0.25, 0.3) is 0 Å². The van der Waals surface area contributed by atoms with E-state index in [1.165, 1.54) is 5.56 Å². The number of carbonyl (C=O) groups excluding carboxylic acids is 1. The zero-order valence-corrected chi connectivity index (χ0v) is 14.7. The highest BCUT2D eigenvalue weighted by atomic mass is 16.2. The number of nitrogens with zero attached hydrogens (tertiary/aromatic N) is 1. The van der Waals surface area contributed by atoms with Gasteiger partial charge in [-0.25, -0.2) is 0 Å². The van der Waals surface area contributed by atoms with Gasteiger partial charge in [-0.3, -0.25) is 9.69 Å². The number of carbonyl (C=O) groups is 1. The Morgan fingerprint density at radius 1 is 1.22 bits per heavy atom. The van der Waals surface area contributed by atoms with Gasteiger partial charge in [-0.2, -0.15) is 0 Å². The SMILES string of the molecule is CC(C)[C@H](N)C(=O)NC1CCC(N(C)Cc2ccccc2)CC1. The van der Waals surface area contributed by atoms with E-state index >= 15 is 0 Å². The van der Waals surface area contributed by atoms with E-state index in [1.54, 1.807) is 0 Å². The van der Waals surface area contributed by atoms with E-state index in [0.717, 1.165) is 32.2 Å². The van der Waals surface area contributed by atoms with Crippen molar-refractivity contribution in [3.63, 3.8) is 0 Å². The van der Waals surface area contributed by atoms with Crippen LogP contribution in [0.15, 0.2) is 30.3 Å². The molecule has 1 atom stereocenters. The summed E-state index contributed by atoms with van der Waals surface area (Å²) in [7, 11) is 2.20. The Labute approximate surface area is 140 Å². The van der Waals surface area contributed by atoms with Crippen molar-refractivity contribution in [2.24, 2.45) is 11.7 Å². The lowest BCUT2D eigenvalue weighted by atomic mass is 9.89. The zero-order valence-electron chi connectivity index (χ0n) is 14.7. The molecule has 3 N–H and O–H groups in total. The van der Waals surface area contributed by atoms with Gasteiger partial charge in [0.1, 0.15) is 0 Å². The van der Waals surface area contributed by atoms with E-state index in [0.29, 0.717) is 6.04 Å². The summed E-state index contributed by atoms with van der Waals surface area (Å²) in [6.07, 6.45) is 4.34. The van der Waals surface area contributed by atoms with E-state index in [9.17, 15) is 4.79 Å². The van der Waals surface area contributed by atoms with Crippen molar-refractivity contribution in [2.75, 3.05) is 7.05 Å². The molecule has 0 radical (unpaired) electrons. The molecule has 23 heavy (non-hydrogen) atoms. The lowest BCUT2D eigenvalue weighted by Crippen LogP contribution is -2.49. The Morgan fingerprint density at radius 2 is 1.83 bits per heavy atom. The van der Waals surface area contributed by atoms with Crippen LogP contribution in [0.4, 0.5) is 0 Å². The predicted octanol–water partition coefficient (Wildman–Crippen LogP) is 2.53. The van der Waals surface area contributed by atoms with Gasteiger partial charge in [0.2, 0.25) is 5.91 Å². The molecule has 128 valence electrons. The fourth-order valence-electron chi connectivity index (χ4n) is 3.26. The van der Waals surface area contributed by atoms with Gasteiger partial charge in [-0.05, 0) is 44.2 Å². The molecule has 0 aliphatic heterocycles. The van der Waals surface area contributed by atoms with Crippen molar-refractivity contribution in [2.45, 2.75) is 64.2 Å². The van der Waals surface area contributed by atoms with Crippen LogP contribution in [0.5, 0.6) is 0 Å². The summed E-state index contributed by atoms with van der Waals surface area (Å²) in [6, 6.07) is 11.1. The topological polar surface area (TPSA) is 58.4 Å². The molecule has 1 aromatic rings. The van der Waals surface area contributed by atoms with E-state index in [-0.39, 0.29) is 17.9 Å². The molecule has 0 unspecified atom stereocenters. The molecule has 0 aromatic heterocycles. The summed E-state index contributed by atoms with van der Waals surface area (Å²) < 4.78 is 0. The Bertz CT molecular complexity index is 481. The first-order valence-corrected chi connectivity index (χ1v) is 8.77. The fourth-order valence-corrected chi connectivity index (χ4v) is 3.26. The van der Waals surface area contributed by atoms with Crippen molar-refractivity contribution in [1.82, 2.24) is 10.2 Å². The Morgan fingerprint density at radius 3 is 2.39 bits per heavy atom. The highest BCUT2D eigenvalue weighted by Crippen LogP contribution is 2.23. The maximum atomic E-state index is 12.1. The molecule has 4 nitrogen and oxygen atoms in total. The van der Waals surface area contributed by atoms with Crippen molar-refractivity contribution >= 4 is 5.91 Å². The first-order valence-electron chi connectivity index (χ1n) is 8.77. The van der Waals surface area contributed by atoms with Crippen molar-refractivity contribution in [3.8, 4) is 0 Å². The van der Waals surface area contributed by atoms with Crippen LogP contribution in [0.25, 0.3) is 0 Å². The van der Waals surface area contributed by atoms with Crippen LogP contribution in [0.3, 0.4) is 0 Å². The molecule has 0 bridgehead atoms. The molecule has 0 heterocycles. The van der Waals surface area contributed by atoms with Gasteiger partial charge in [0.05, 0.1) is 6.04 Å². The monoisotopic (exact) mass is 317 g/mol. The third-order valence-electron chi connectivity index (χ3n) is 4.96. The van der Waals surface area contributed by atoms with Crippen LogP contribution in [-0.4, -0.2) is 36.0 Å². The quantitative estimate of drug-likeness (QED) is 0.847. The second-order valence-electron chi connectivity index (χ2n) is 7.18. The molecular weight excluding hydrogens is 286 g/mol. The minimum Gasteiger partial charge on any atom is -0.352 e. The first kappa shape index (κ1) is 18.0. The van der Waals surface area contributed by atoms with Crippen molar-refractivity contribution < 1.29 is 4.79 Å². The molecule has 1 saturated carbocycles. The molecule has 0 saturated heterocycles. The van der Waals surface area contributed by atoms with Gasteiger partial charge >= 0.3 is 0 Å². The van der Waals surface area contributed by atoms with E-state index < -0.39 is 6.04 Å². The second-order valence-corrected chi connectivity index (χ2v) is 7.18. The van der Waals surface area contributed by atoms with E-state index in [2.05, 4.69) is 47.6 Å². The average Bonchev–Trinajstić information content (AvgIpc) is 2.55. The van der Waals surface area contributed by atoms with Crippen LogP contribution in [-0.2, 0) is 11.3 Å². The lowest BCUT2D eigenvalue weighted by molar-refractivity contribution is -0.124. The molecule has 0 spiro atoms. The van der Waals surface area contributed by atoms with Crippen molar-refractivity contribution in [3.05, 3.63) is 35.9 Å². The van der Waals surface area contributed by atoms with E-state index in [4.69, 9.17) is 5.73 Å². The number of amides is 1. The number of nitrogens with one attached hydrogen (secondary N) is 1. The molecular formula is C19H31N3O. The van der Waals surface area contributed by atoms with Gasteiger partial charge in [-0.1, -0.05) is 44.2 Å². The molecule has 1 aliphatic rings. The van der Waals surface area contributed by atoms with Crippen LogP contribution < -0.4 is 11.1 Å². The summed E-state index contributed by atoms with van der Waals surface area (Å²) in [5.74, 6) is 0.185. The smallest absolute Gasteiger partial charge is 0.237 e. The Balaban J connectivity index is 1.76. The summed E-state index contributed by atoms with van der Waals surface area (Å²) in [6.45, 7) is 4.96. The zero-order chi connectivity index (χ0) is 16.8. The minimum atomic E-state index is -0.395. The summed E-state index contributed by atoms with van der Waals surface area (Å²) in [5, 5.41) is 3.13. The molecule has 2 rings (SSSR count). The number of nitrogens with two attached hydrogens (primary N) is 1. The van der Waals surface area contributed by atoms with Crippen LogP contribution >= 0.6 is 0 Å². The summed E-state index contributed by atoms with van der Waals surface area (Å²) >= 11 is 0. The Kier molecular flexibility index (Phi) is 6.60. The normalized spacial score (nSPS) is 23.0. The molecule has 1 amide bonds. The van der Waals surface area contributed by atoms with Gasteiger partial charge in [0, 0.05) is 18.6 Å². The van der Waals surface area contributed by atoms with Crippen molar-refractivity contribution in [1.29, 1.82) is 0 Å². The molecule has 4 heteroatoms. The summed E-state index contributed by atoms with van der Waals surface area (Å²) in [5.41, 5.74) is 7.27. The van der Waals surface area contributed by atoms with Crippen LogP contribution in [0.1, 0.15) is 45.1 Å². The second kappa shape index (κ2) is 8.46.